The van der Waals surface area contributed by atoms with Gasteiger partial charge in [-0.2, -0.15) is 0 Å². The molecule has 2 saturated carbocycles. The summed E-state index contributed by atoms with van der Waals surface area (Å²) < 4.78 is 61.6. The second-order valence-corrected chi connectivity index (χ2v) is 15.1. The van der Waals surface area contributed by atoms with E-state index in [9.17, 15) is 37.0 Å². The van der Waals surface area contributed by atoms with Crippen molar-refractivity contribution >= 4 is 25.3 Å². The zero-order valence-electron chi connectivity index (χ0n) is 24.1. The molecule has 0 aromatic heterocycles. The number of amides is 3. The third kappa shape index (κ3) is 6.39. The van der Waals surface area contributed by atoms with Gasteiger partial charge in [-0.15, -0.1) is 6.58 Å². The second kappa shape index (κ2) is 12.0. The highest BCUT2D eigenvalue weighted by molar-refractivity contribution is 7.59. The predicted octanol–water partition coefficient (Wildman–Crippen LogP) is 4.97. The van der Waals surface area contributed by atoms with Crippen LogP contribution in [0.4, 0.5) is 18.0 Å². The normalized spacial score (nSPS) is 26.3. The number of nitrogens with zero attached hydrogens (tertiary/aromatic N) is 1. The Hall–Kier alpha value is -2.85. The number of carbonyl (C=O) groups is 3. The average molecular weight is 614 g/mol. The summed E-state index contributed by atoms with van der Waals surface area (Å²) in [5, 5.41) is 3.51. The van der Waals surface area contributed by atoms with E-state index < -0.39 is 83.2 Å². The van der Waals surface area contributed by atoms with E-state index in [2.05, 4.69) is 17.2 Å². The minimum atomic E-state index is -4.60. The van der Waals surface area contributed by atoms with Gasteiger partial charge in [-0.05, 0) is 62.5 Å². The standard InChI is InChI=1S/C29H39F3N3O6P/c1-5-17-15-29(17,42(39,40)16-19-20(30)12-13-21(31)23(19)32)34-25(36)22-11-8-14-35(22)26(37)24(28(2,3)4)33-27(38)41-18-9-6-7-10-18/h5,12-13,17-18,22,24H,1,6-11,14-16H2,2-4H3,(H,33,38)(H,34,36)(H,39,40)/t17-,22+,24-,29+/m1/s1. The van der Waals surface area contributed by atoms with Crippen LogP contribution < -0.4 is 10.6 Å². The van der Waals surface area contributed by atoms with Crippen molar-refractivity contribution in [3.05, 3.63) is 47.8 Å². The Labute approximate surface area is 243 Å². The summed E-state index contributed by atoms with van der Waals surface area (Å²) >= 11 is 0. The lowest BCUT2D eigenvalue weighted by atomic mass is 9.85. The molecule has 0 radical (unpaired) electrons. The lowest BCUT2D eigenvalue weighted by Crippen LogP contribution is -2.58. The van der Waals surface area contributed by atoms with Crippen molar-refractivity contribution in [3.8, 4) is 0 Å². The maximum atomic E-state index is 14.4. The number of ether oxygens (including phenoxy) is 1. The summed E-state index contributed by atoms with van der Waals surface area (Å²) in [7, 11) is -4.60. The summed E-state index contributed by atoms with van der Waals surface area (Å²) in [6.07, 6.45) is 3.58. The Bertz CT molecular complexity index is 1300. The molecule has 1 aromatic carbocycles. The molecule has 3 aliphatic rings. The molecule has 42 heavy (non-hydrogen) atoms. The minimum absolute atomic E-state index is 0.0194. The zero-order valence-corrected chi connectivity index (χ0v) is 25.0. The van der Waals surface area contributed by atoms with Gasteiger partial charge < -0.3 is 25.2 Å². The predicted molar refractivity (Wildman–Crippen MR) is 149 cm³/mol. The molecule has 1 unspecified atom stereocenters. The van der Waals surface area contributed by atoms with Crippen molar-refractivity contribution < 1.29 is 41.8 Å². The molecule has 3 amide bonds. The van der Waals surface area contributed by atoms with Crippen LogP contribution in [0.3, 0.4) is 0 Å². The fourth-order valence-electron chi connectivity index (χ4n) is 5.98. The molecule has 3 fully saturated rings. The van der Waals surface area contributed by atoms with Gasteiger partial charge >= 0.3 is 6.09 Å². The van der Waals surface area contributed by atoms with E-state index in [4.69, 9.17) is 4.74 Å². The van der Waals surface area contributed by atoms with Crippen LogP contribution >= 0.6 is 7.37 Å². The van der Waals surface area contributed by atoms with Gasteiger partial charge in [-0.25, -0.2) is 18.0 Å². The quantitative estimate of drug-likeness (QED) is 0.205. The summed E-state index contributed by atoms with van der Waals surface area (Å²) in [5.74, 6) is -6.00. The molecule has 0 bridgehead atoms. The lowest BCUT2D eigenvalue weighted by Gasteiger charge is -2.36. The molecular weight excluding hydrogens is 574 g/mol. The molecule has 1 aliphatic heterocycles. The topological polar surface area (TPSA) is 125 Å². The Morgan fingerprint density at radius 1 is 1.17 bits per heavy atom. The van der Waals surface area contributed by atoms with E-state index >= 15 is 0 Å². The molecule has 9 nitrogen and oxygen atoms in total. The minimum Gasteiger partial charge on any atom is -0.446 e. The fraction of sp³-hybridized carbons (Fsp3) is 0.621. The lowest BCUT2D eigenvalue weighted by molar-refractivity contribution is -0.142. The molecule has 1 aromatic rings. The monoisotopic (exact) mass is 613 g/mol. The maximum absolute atomic E-state index is 14.4. The first kappa shape index (κ1) is 32.1. The van der Waals surface area contributed by atoms with Crippen molar-refractivity contribution in [1.29, 1.82) is 0 Å². The van der Waals surface area contributed by atoms with Crippen LogP contribution in [0.25, 0.3) is 0 Å². The number of likely N-dealkylation sites (tertiary alicyclic amines) is 1. The molecule has 232 valence electrons. The van der Waals surface area contributed by atoms with Crippen LogP contribution in [0.5, 0.6) is 0 Å². The van der Waals surface area contributed by atoms with Gasteiger partial charge in [0, 0.05) is 18.0 Å². The molecule has 5 atom stereocenters. The first-order chi connectivity index (χ1) is 19.6. The highest BCUT2D eigenvalue weighted by Gasteiger charge is 2.66. The van der Waals surface area contributed by atoms with Crippen LogP contribution in [0, 0.1) is 28.8 Å². The van der Waals surface area contributed by atoms with Crippen molar-refractivity contribution in [1.82, 2.24) is 15.5 Å². The second-order valence-electron chi connectivity index (χ2n) is 12.6. The third-order valence-electron chi connectivity index (χ3n) is 8.53. The van der Waals surface area contributed by atoms with Gasteiger partial charge in [-0.3, -0.25) is 14.2 Å². The van der Waals surface area contributed by atoms with Crippen molar-refractivity contribution in [3.63, 3.8) is 0 Å². The van der Waals surface area contributed by atoms with E-state index in [-0.39, 0.29) is 25.5 Å². The third-order valence-corrected chi connectivity index (χ3v) is 11.2. The smallest absolute Gasteiger partial charge is 0.408 e. The van der Waals surface area contributed by atoms with Crippen LogP contribution in [0.15, 0.2) is 24.8 Å². The fourth-order valence-corrected chi connectivity index (χ4v) is 8.37. The number of benzene rings is 1. The molecule has 3 N–H and O–H groups in total. The highest BCUT2D eigenvalue weighted by Crippen LogP contribution is 2.71. The average Bonchev–Trinajstić information content (AvgIpc) is 3.24. The molecule has 2 aliphatic carbocycles. The Morgan fingerprint density at radius 3 is 2.40 bits per heavy atom. The van der Waals surface area contributed by atoms with Crippen molar-refractivity contribution in [2.75, 3.05) is 6.54 Å². The summed E-state index contributed by atoms with van der Waals surface area (Å²) in [6, 6.07) is -0.779. The van der Waals surface area contributed by atoms with Gasteiger partial charge in [0.05, 0.1) is 6.16 Å². The van der Waals surface area contributed by atoms with Gasteiger partial charge in [0.2, 0.25) is 19.2 Å². The number of hydrogen-bond donors (Lipinski definition) is 3. The van der Waals surface area contributed by atoms with E-state index in [0.717, 1.165) is 25.7 Å². The number of halogens is 3. The number of nitrogens with one attached hydrogen (secondary N) is 2. The van der Waals surface area contributed by atoms with Crippen LogP contribution in [-0.2, 0) is 25.1 Å². The van der Waals surface area contributed by atoms with Crippen LogP contribution in [-0.4, -0.2) is 57.7 Å². The number of carbonyl (C=O) groups excluding carboxylic acids is 3. The highest BCUT2D eigenvalue weighted by atomic mass is 31.2. The first-order valence-electron chi connectivity index (χ1n) is 14.3. The SMILES string of the molecule is C=C[C@@H]1C[C@]1(NC(=O)[C@@H]1CCCN1C(=O)[C@@H](NC(=O)OC1CCCC1)C(C)(C)C)P(=O)(O)Cc1c(F)ccc(F)c1F. The van der Waals surface area contributed by atoms with Crippen LogP contribution in [0.2, 0.25) is 0 Å². The zero-order chi connectivity index (χ0) is 31.0. The van der Waals surface area contributed by atoms with Gasteiger partial charge in [0.25, 0.3) is 0 Å². The number of rotatable bonds is 9. The summed E-state index contributed by atoms with van der Waals surface area (Å²) in [5.41, 5.74) is -1.62. The molecule has 1 saturated heterocycles. The summed E-state index contributed by atoms with van der Waals surface area (Å²) in [4.78, 5) is 52.4. The molecular formula is C29H39F3N3O6P. The van der Waals surface area contributed by atoms with Gasteiger partial charge in [-0.1, -0.05) is 26.8 Å². The Morgan fingerprint density at radius 2 is 1.81 bits per heavy atom. The van der Waals surface area contributed by atoms with Crippen molar-refractivity contribution in [2.45, 2.75) is 95.3 Å². The first-order valence-corrected chi connectivity index (χ1v) is 16.1. The van der Waals surface area contributed by atoms with E-state index in [1.54, 1.807) is 20.8 Å². The molecule has 1 heterocycles. The summed E-state index contributed by atoms with van der Waals surface area (Å²) in [6.45, 7) is 9.19. The maximum Gasteiger partial charge on any atom is 0.408 e. The van der Waals surface area contributed by atoms with Crippen molar-refractivity contribution in [2.24, 2.45) is 11.3 Å². The van der Waals surface area contributed by atoms with Gasteiger partial charge in [0.1, 0.15) is 29.3 Å². The van der Waals surface area contributed by atoms with E-state index in [1.165, 1.54) is 11.0 Å². The van der Waals surface area contributed by atoms with E-state index in [0.29, 0.717) is 18.6 Å². The molecule has 0 spiro atoms. The molecule has 13 heteroatoms. The molecule has 4 rings (SSSR count). The van der Waals surface area contributed by atoms with E-state index in [1.807, 2.05) is 0 Å². The number of alkyl carbamates (subject to hydrolysis) is 1. The largest absolute Gasteiger partial charge is 0.446 e. The Kier molecular flexibility index (Phi) is 9.19. The van der Waals surface area contributed by atoms with Crippen LogP contribution in [0.1, 0.15) is 71.3 Å². The van der Waals surface area contributed by atoms with Gasteiger partial charge in [0.15, 0.2) is 11.6 Å². The number of hydrogen-bond acceptors (Lipinski definition) is 5. The Balaban J connectivity index is 1.51.